The van der Waals surface area contributed by atoms with Crippen molar-refractivity contribution >= 4 is 35.6 Å². The quantitative estimate of drug-likeness (QED) is 0.0467. The Labute approximate surface area is 279 Å². The van der Waals surface area contributed by atoms with Crippen molar-refractivity contribution in [2.24, 2.45) is 0 Å². The van der Waals surface area contributed by atoms with Crippen LogP contribution in [0.1, 0.15) is 31.7 Å². The molecule has 0 unspecified atom stereocenters. The van der Waals surface area contributed by atoms with Crippen LogP contribution in [-0.2, 0) is 33.4 Å². The summed E-state index contributed by atoms with van der Waals surface area (Å²) in [6, 6.07) is 1.22. The zero-order chi connectivity index (χ0) is 35.6. The second-order valence-electron chi connectivity index (χ2n) is 10.1. The lowest BCUT2D eigenvalue weighted by molar-refractivity contribution is -0.181. The molecule has 0 radical (unpaired) electrons. The van der Waals surface area contributed by atoms with Gasteiger partial charge in [0, 0.05) is 43.0 Å². The number of anilines is 1. The Morgan fingerprint density at radius 1 is 0.918 bits per heavy atom. The van der Waals surface area contributed by atoms with Gasteiger partial charge in [0.2, 0.25) is 23.3 Å². The highest BCUT2D eigenvalue weighted by Crippen LogP contribution is 2.27. The molecule has 0 atom stereocenters. The van der Waals surface area contributed by atoms with Gasteiger partial charge in [-0.3, -0.25) is 24.2 Å². The lowest BCUT2D eigenvalue weighted by atomic mass is 10.1. The second kappa shape index (κ2) is 20.7. The summed E-state index contributed by atoms with van der Waals surface area (Å²) >= 11 is 0. The topological polar surface area (TPSA) is 167 Å². The lowest BCUT2D eigenvalue weighted by Gasteiger charge is -2.22. The molecule has 3 rings (SSSR count). The van der Waals surface area contributed by atoms with Gasteiger partial charge in [0.15, 0.2) is 11.6 Å². The van der Waals surface area contributed by atoms with Crippen LogP contribution in [0, 0.1) is 23.3 Å². The number of nitrogens with one attached hydrogen (secondary N) is 3. The van der Waals surface area contributed by atoms with Crippen LogP contribution in [-0.4, -0.2) is 99.7 Å². The molecule has 0 aliphatic carbocycles. The van der Waals surface area contributed by atoms with Crippen molar-refractivity contribution < 1.29 is 60.5 Å². The molecule has 2 aromatic rings. The Bertz CT molecular complexity index is 1450. The van der Waals surface area contributed by atoms with Gasteiger partial charge < -0.3 is 34.9 Å². The summed E-state index contributed by atoms with van der Waals surface area (Å²) in [5, 5.41) is 9.11. The van der Waals surface area contributed by atoms with Crippen molar-refractivity contribution in [1.29, 1.82) is 0 Å². The molecule has 1 aromatic heterocycles. The van der Waals surface area contributed by atoms with Gasteiger partial charge in [-0.2, -0.15) is 8.78 Å². The van der Waals surface area contributed by atoms with Crippen molar-refractivity contribution in [3.05, 3.63) is 58.9 Å². The van der Waals surface area contributed by atoms with Gasteiger partial charge in [0.05, 0.1) is 71.0 Å². The van der Waals surface area contributed by atoms with E-state index in [0.717, 1.165) is 0 Å². The molecular weight excluding hydrogens is 662 g/mol. The number of hydrogen-bond donors (Lipinski definition) is 3. The summed E-state index contributed by atoms with van der Waals surface area (Å²) < 4.78 is 73.6. The van der Waals surface area contributed by atoms with E-state index in [0.29, 0.717) is 17.7 Å². The standard InChI is InChI=1S/C31H37F4N5O9/c1-2-8-40(30(43)21-16-20-3-5-36-19-24(20)39-25(41)17-21)48-11-7-38-31(44)37-6-10-46-13-15-47-14-12-45-9-4-26(42)49-29-27(34)22(32)18-23(33)28(29)35/h3,5,16,18-19H,2,4,6-15,17H2,1H3,(H,39,41)(H2,37,38,44). The van der Waals surface area contributed by atoms with E-state index in [1.54, 1.807) is 18.3 Å². The lowest BCUT2D eigenvalue weighted by Crippen LogP contribution is -2.41. The van der Waals surface area contributed by atoms with Gasteiger partial charge in [-0.05, 0) is 18.6 Å². The number of ether oxygens (including phenoxy) is 4. The molecule has 3 N–H and O–H groups in total. The maximum absolute atomic E-state index is 13.5. The molecule has 0 spiro atoms. The number of halogens is 4. The second-order valence-corrected chi connectivity index (χ2v) is 10.1. The highest BCUT2D eigenvalue weighted by molar-refractivity contribution is 6.07. The van der Waals surface area contributed by atoms with Crippen LogP contribution in [0.2, 0.25) is 0 Å². The van der Waals surface area contributed by atoms with E-state index < -0.39 is 53.3 Å². The molecule has 18 heteroatoms. The molecule has 49 heavy (non-hydrogen) atoms. The number of benzene rings is 1. The Kier molecular flexibility index (Phi) is 16.4. The van der Waals surface area contributed by atoms with Gasteiger partial charge in [-0.25, -0.2) is 18.6 Å². The summed E-state index contributed by atoms with van der Waals surface area (Å²) in [5.74, 6) is -10.4. The van der Waals surface area contributed by atoms with Crippen LogP contribution < -0.4 is 20.7 Å². The molecule has 1 aliphatic rings. The molecule has 0 bridgehead atoms. The van der Waals surface area contributed by atoms with Crippen LogP contribution in [0.4, 0.5) is 28.0 Å². The Balaban J connectivity index is 1.18. The molecular formula is C31H37F4N5O9. The third-order valence-electron chi connectivity index (χ3n) is 6.39. The molecule has 268 valence electrons. The zero-order valence-corrected chi connectivity index (χ0v) is 26.7. The van der Waals surface area contributed by atoms with Gasteiger partial charge in [-0.1, -0.05) is 6.92 Å². The van der Waals surface area contributed by atoms with Crippen molar-refractivity contribution in [2.75, 3.05) is 71.2 Å². The predicted molar refractivity (Wildman–Crippen MR) is 164 cm³/mol. The first-order valence-electron chi connectivity index (χ1n) is 15.3. The number of esters is 1. The summed E-state index contributed by atoms with van der Waals surface area (Å²) in [5.41, 5.74) is 1.43. The van der Waals surface area contributed by atoms with E-state index in [-0.39, 0.29) is 89.8 Å². The summed E-state index contributed by atoms with van der Waals surface area (Å²) in [6.07, 6.45) is 4.75. The maximum Gasteiger partial charge on any atom is 0.314 e. The minimum absolute atomic E-state index is 0.000682. The molecule has 2 heterocycles. The normalized spacial score (nSPS) is 12.3. The molecule has 0 saturated carbocycles. The molecule has 1 aliphatic heterocycles. The Morgan fingerprint density at radius 3 is 2.22 bits per heavy atom. The van der Waals surface area contributed by atoms with Crippen molar-refractivity contribution in [1.82, 2.24) is 20.7 Å². The highest BCUT2D eigenvalue weighted by Gasteiger charge is 2.25. The van der Waals surface area contributed by atoms with Gasteiger partial charge in [0.1, 0.15) is 0 Å². The molecule has 0 saturated heterocycles. The smallest absolute Gasteiger partial charge is 0.314 e. The van der Waals surface area contributed by atoms with E-state index in [4.69, 9.17) is 19.0 Å². The number of urea groups is 1. The highest BCUT2D eigenvalue weighted by atomic mass is 19.2. The predicted octanol–water partition coefficient (Wildman–Crippen LogP) is 2.88. The number of carbonyl (C=O) groups is 4. The van der Waals surface area contributed by atoms with E-state index in [1.165, 1.54) is 11.3 Å². The fourth-order valence-electron chi connectivity index (χ4n) is 4.09. The number of carbonyl (C=O) groups excluding carboxylic acids is 4. The van der Waals surface area contributed by atoms with Crippen LogP contribution in [0.25, 0.3) is 6.08 Å². The average Bonchev–Trinajstić information content (AvgIpc) is 3.25. The molecule has 1 aromatic carbocycles. The number of rotatable bonds is 20. The third kappa shape index (κ3) is 13.1. The largest absolute Gasteiger partial charge is 0.420 e. The Hall–Kier alpha value is -4.65. The summed E-state index contributed by atoms with van der Waals surface area (Å²) in [7, 11) is 0. The van der Waals surface area contributed by atoms with E-state index in [9.17, 15) is 36.7 Å². The zero-order valence-electron chi connectivity index (χ0n) is 26.7. The van der Waals surface area contributed by atoms with Crippen molar-refractivity contribution in [3.63, 3.8) is 0 Å². The first-order valence-corrected chi connectivity index (χ1v) is 15.3. The van der Waals surface area contributed by atoms with Crippen LogP contribution >= 0.6 is 0 Å². The average molecular weight is 700 g/mol. The van der Waals surface area contributed by atoms with Crippen molar-refractivity contribution in [3.8, 4) is 5.75 Å². The number of hydroxylamine groups is 2. The summed E-state index contributed by atoms with van der Waals surface area (Å²) in [6.45, 7) is 3.11. The van der Waals surface area contributed by atoms with Crippen LogP contribution in [0.3, 0.4) is 0 Å². The fraction of sp³-hybridized carbons (Fsp3) is 0.452. The molecule has 14 nitrogen and oxygen atoms in total. The molecule has 0 fully saturated rings. The minimum Gasteiger partial charge on any atom is -0.420 e. The number of pyridine rings is 1. The number of fused-ring (bicyclic) bond motifs is 1. The van der Waals surface area contributed by atoms with Gasteiger partial charge >= 0.3 is 12.0 Å². The van der Waals surface area contributed by atoms with Gasteiger partial charge in [0.25, 0.3) is 5.91 Å². The summed E-state index contributed by atoms with van der Waals surface area (Å²) in [4.78, 5) is 58.7. The fourth-order valence-corrected chi connectivity index (χ4v) is 4.09. The number of amides is 4. The first kappa shape index (κ1) is 38.8. The Morgan fingerprint density at radius 2 is 1.55 bits per heavy atom. The minimum atomic E-state index is -1.82. The van der Waals surface area contributed by atoms with E-state index in [1.807, 2.05) is 6.92 Å². The maximum atomic E-state index is 13.5. The molecule has 4 amide bonds. The van der Waals surface area contributed by atoms with Gasteiger partial charge in [-0.15, -0.1) is 0 Å². The first-order chi connectivity index (χ1) is 23.6. The van der Waals surface area contributed by atoms with Crippen LogP contribution in [0.5, 0.6) is 5.75 Å². The van der Waals surface area contributed by atoms with Crippen molar-refractivity contribution in [2.45, 2.75) is 26.2 Å². The SMILES string of the molecule is CCCN(OCCNC(=O)NCCOCCOCCOCCC(=O)Oc1c(F)c(F)cc(F)c1F)C(=O)C1=Cc2ccncc2NC(=O)C1. The van der Waals surface area contributed by atoms with E-state index in [2.05, 4.69) is 25.7 Å². The number of hydrogen-bond acceptors (Lipinski definition) is 10. The van der Waals surface area contributed by atoms with Crippen LogP contribution in [0.15, 0.2) is 30.1 Å². The monoisotopic (exact) mass is 699 g/mol. The van der Waals surface area contributed by atoms with E-state index >= 15 is 0 Å². The number of aromatic nitrogens is 1. The number of nitrogens with zero attached hydrogens (tertiary/aromatic N) is 2. The third-order valence-corrected chi connectivity index (χ3v) is 6.39.